The summed E-state index contributed by atoms with van der Waals surface area (Å²) in [4.78, 5) is 30.4. The van der Waals surface area contributed by atoms with Crippen LogP contribution >= 0.6 is 0 Å². The monoisotopic (exact) mass is 432 g/mol. The molecule has 31 heavy (non-hydrogen) atoms. The van der Waals surface area contributed by atoms with Gasteiger partial charge >= 0.3 is 0 Å². The van der Waals surface area contributed by atoms with Crippen LogP contribution in [-0.2, 0) is 22.7 Å². The molecule has 166 valence electrons. The lowest BCUT2D eigenvalue weighted by Crippen LogP contribution is -2.54. The fraction of sp³-hybridized carbons (Fsp3) is 0.500. The van der Waals surface area contributed by atoms with Crippen LogP contribution in [0.2, 0.25) is 0 Å². The zero-order valence-electron chi connectivity index (χ0n) is 17.8. The van der Waals surface area contributed by atoms with Crippen molar-refractivity contribution >= 4 is 11.8 Å². The largest absolute Gasteiger partial charge is 0.373 e. The van der Waals surface area contributed by atoms with Crippen LogP contribution in [0.15, 0.2) is 18.2 Å². The predicted molar refractivity (Wildman–Crippen MR) is 109 cm³/mol. The molecule has 0 saturated heterocycles. The summed E-state index contributed by atoms with van der Waals surface area (Å²) in [6, 6.07) is 2.93. The van der Waals surface area contributed by atoms with Gasteiger partial charge in [-0.15, -0.1) is 0 Å². The Morgan fingerprint density at radius 3 is 2.61 bits per heavy atom. The molecule has 2 amide bonds. The number of aromatic nitrogens is 2. The van der Waals surface area contributed by atoms with Gasteiger partial charge in [0.05, 0.1) is 18.9 Å². The molecule has 4 rings (SSSR count). The molecule has 7 nitrogen and oxygen atoms in total. The first-order valence-corrected chi connectivity index (χ1v) is 10.4. The molecule has 1 aromatic heterocycles. The molecule has 0 spiro atoms. The van der Waals surface area contributed by atoms with E-state index in [9.17, 15) is 18.4 Å². The van der Waals surface area contributed by atoms with Crippen LogP contribution in [-0.4, -0.2) is 40.1 Å². The van der Waals surface area contributed by atoms with Gasteiger partial charge in [-0.3, -0.25) is 9.59 Å². The quantitative estimate of drug-likeness (QED) is 0.761. The Morgan fingerprint density at radius 1 is 1.23 bits per heavy atom. The predicted octanol–water partition coefficient (Wildman–Crippen LogP) is 2.78. The summed E-state index contributed by atoms with van der Waals surface area (Å²) in [5.41, 5.74) is 0.500. The highest BCUT2D eigenvalue weighted by Crippen LogP contribution is 2.28. The molecule has 0 unspecified atom stereocenters. The van der Waals surface area contributed by atoms with Crippen molar-refractivity contribution in [1.29, 1.82) is 0 Å². The summed E-state index contributed by atoms with van der Waals surface area (Å²) < 4.78 is 34.5. The third-order valence-corrected chi connectivity index (χ3v) is 5.49. The van der Waals surface area contributed by atoms with E-state index in [2.05, 4.69) is 15.6 Å². The number of nitrogens with zero attached hydrogens (tertiary/aromatic N) is 2. The average molecular weight is 432 g/mol. The molecule has 2 N–H and O–H groups in total. The smallest absolute Gasteiger partial charge is 0.272 e. The zero-order chi connectivity index (χ0) is 22.3. The first kappa shape index (κ1) is 21.4. The minimum atomic E-state index is -0.988. The third kappa shape index (κ3) is 4.46. The summed E-state index contributed by atoms with van der Waals surface area (Å²) in [7, 11) is 0. The number of halogens is 2. The second kappa shape index (κ2) is 8.03. The Bertz CT molecular complexity index is 1020. The summed E-state index contributed by atoms with van der Waals surface area (Å²) >= 11 is 0. The van der Waals surface area contributed by atoms with E-state index in [1.165, 1.54) is 6.07 Å². The summed E-state index contributed by atoms with van der Waals surface area (Å²) in [5.74, 6) is -2.32. The van der Waals surface area contributed by atoms with Crippen molar-refractivity contribution < 1.29 is 23.1 Å². The standard InChI is InChI=1S/C22H26F2N4O3/c1-22(2,3)18(21(30)25-13-5-6-13)27-20(29)17-16-11-31-9-8-28(16)19(26-17)12-4-7-14(23)15(24)10-12/h4,7,10,13,18H,5-6,8-9,11H2,1-3H3,(H,25,30)(H,27,29)/t18-/m1/s1. The van der Waals surface area contributed by atoms with E-state index in [0.717, 1.165) is 25.0 Å². The molecule has 9 heteroatoms. The van der Waals surface area contributed by atoms with Crippen LogP contribution in [0.3, 0.4) is 0 Å². The molecular weight excluding hydrogens is 406 g/mol. The van der Waals surface area contributed by atoms with E-state index in [-0.39, 0.29) is 24.2 Å². The van der Waals surface area contributed by atoms with Crippen LogP contribution in [0.4, 0.5) is 8.78 Å². The first-order valence-electron chi connectivity index (χ1n) is 10.4. The maximum absolute atomic E-state index is 13.8. The highest BCUT2D eigenvalue weighted by Gasteiger charge is 2.37. The normalized spacial score (nSPS) is 17.1. The fourth-order valence-electron chi connectivity index (χ4n) is 3.62. The van der Waals surface area contributed by atoms with E-state index in [0.29, 0.717) is 30.2 Å². The van der Waals surface area contributed by atoms with Gasteiger partial charge < -0.3 is 19.9 Å². The number of hydrogen-bond acceptors (Lipinski definition) is 4. The number of nitrogens with one attached hydrogen (secondary N) is 2. The zero-order valence-corrected chi connectivity index (χ0v) is 17.8. The van der Waals surface area contributed by atoms with Crippen molar-refractivity contribution in [2.75, 3.05) is 6.61 Å². The average Bonchev–Trinajstić information content (AvgIpc) is 3.44. The van der Waals surface area contributed by atoms with Gasteiger partial charge in [-0.1, -0.05) is 20.8 Å². The number of benzene rings is 1. The molecule has 1 saturated carbocycles. The number of carbonyl (C=O) groups excluding carboxylic acids is 2. The maximum atomic E-state index is 13.8. The van der Waals surface area contributed by atoms with Crippen molar-refractivity contribution in [2.45, 2.75) is 58.8 Å². The summed E-state index contributed by atoms with van der Waals surface area (Å²) in [5, 5.41) is 5.77. The highest BCUT2D eigenvalue weighted by molar-refractivity contribution is 5.98. The van der Waals surface area contributed by atoms with Gasteiger partial charge in [0, 0.05) is 18.2 Å². The number of hydrogen-bond donors (Lipinski definition) is 2. The first-order chi connectivity index (χ1) is 14.6. The van der Waals surface area contributed by atoms with Gasteiger partial charge in [-0.05, 0) is 36.5 Å². The molecule has 1 aromatic carbocycles. The molecule has 2 aliphatic rings. The van der Waals surface area contributed by atoms with Gasteiger partial charge in [0.15, 0.2) is 17.3 Å². The SMILES string of the molecule is CC(C)(C)[C@H](NC(=O)c1nc(-c2ccc(F)c(F)c2)n2c1COCC2)C(=O)NC1CC1. The number of carbonyl (C=O) groups is 2. The van der Waals surface area contributed by atoms with Crippen LogP contribution in [0.5, 0.6) is 0 Å². The maximum Gasteiger partial charge on any atom is 0.272 e. The Morgan fingerprint density at radius 2 is 1.97 bits per heavy atom. The van der Waals surface area contributed by atoms with E-state index in [1.54, 1.807) is 4.57 Å². The lowest BCUT2D eigenvalue weighted by atomic mass is 9.86. The minimum absolute atomic E-state index is 0.118. The van der Waals surface area contributed by atoms with Crippen molar-refractivity contribution in [1.82, 2.24) is 20.2 Å². The van der Waals surface area contributed by atoms with Crippen LogP contribution in [0, 0.1) is 17.0 Å². The van der Waals surface area contributed by atoms with Crippen molar-refractivity contribution in [3.8, 4) is 11.4 Å². The van der Waals surface area contributed by atoms with Gasteiger partial charge in [-0.25, -0.2) is 13.8 Å². The molecule has 1 aliphatic carbocycles. The number of amides is 2. The molecular formula is C22H26F2N4O3. The van der Waals surface area contributed by atoms with Crippen molar-refractivity contribution in [3.63, 3.8) is 0 Å². The second-order valence-electron chi connectivity index (χ2n) is 9.12. The van der Waals surface area contributed by atoms with Crippen LogP contribution < -0.4 is 10.6 Å². The van der Waals surface area contributed by atoms with Crippen LogP contribution in [0.25, 0.3) is 11.4 Å². The molecule has 1 aliphatic heterocycles. The van der Waals surface area contributed by atoms with E-state index in [1.807, 2.05) is 20.8 Å². The number of fused-ring (bicyclic) bond motifs is 1. The number of rotatable bonds is 5. The van der Waals surface area contributed by atoms with Crippen molar-refractivity contribution in [3.05, 3.63) is 41.2 Å². The second-order valence-corrected chi connectivity index (χ2v) is 9.12. The van der Waals surface area contributed by atoms with Crippen molar-refractivity contribution in [2.24, 2.45) is 5.41 Å². The molecule has 1 fully saturated rings. The number of imidazole rings is 1. The minimum Gasteiger partial charge on any atom is -0.373 e. The Hall–Kier alpha value is -2.81. The molecule has 2 heterocycles. The summed E-state index contributed by atoms with van der Waals surface area (Å²) in [6.45, 7) is 6.63. The fourth-order valence-corrected chi connectivity index (χ4v) is 3.62. The van der Waals surface area contributed by atoms with E-state index < -0.39 is 29.0 Å². The molecule has 0 radical (unpaired) electrons. The molecule has 2 aromatic rings. The van der Waals surface area contributed by atoms with Gasteiger partial charge in [-0.2, -0.15) is 0 Å². The summed E-state index contributed by atoms with van der Waals surface area (Å²) in [6.07, 6.45) is 1.89. The Balaban J connectivity index is 1.66. The number of ether oxygens (including phenoxy) is 1. The van der Waals surface area contributed by atoms with E-state index >= 15 is 0 Å². The molecule has 0 bridgehead atoms. The van der Waals surface area contributed by atoms with Gasteiger partial charge in [0.2, 0.25) is 5.91 Å². The Labute approximate surface area is 179 Å². The third-order valence-electron chi connectivity index (χ3n) is 5.49. The van der Waals surface area contributed by atoms with Gasteiger partial charge in [0.25, 0.3) is 5.91 Å². The Kier molecular flexibility index (Phi) is 5.55. The highest BCUT2D eigenvalue weighted by atomic mass is 19.2. The lowest BCUT2D eigenvalue weighted by Gasteiger charge is -2.30. The lowest BCUT2D eigenvalue weighted by molar-refractivity contribution is -0.125. The molecule has 1 atom stereocenters. The van der Waals surface area contributed by atoms with E-state index in [4.69, 9.17) is 4.74 Å². The van der Waals surface area contributed by atoms with Gasteiger partial charge in [0.1, 0.15) is 11.9 Å². The topological polar surface area (TPSA) is 85.2 Å². The van der Waals surface area contributed by atoms with Crippen LogP contribution in [0.1, 0.15) is 49.8 Å².